The number of nitrogens with zero attached hydrogens (tertiary/aromatic N) is 3. The molecule has 2 aromatic rings. The molecule has 0 aliphatic heterocycles. The maximum atomic E-state index is 11.8. The van der Waals surface area contributed by atoms with Gasteiger partial charge >= 0.3 is 0 Å². The molecule has 1 aromatic heterocycles. The van der Waals surface area contributed by atoms with Crippen molar-refractivity contribution in [3.05, 3.63) is 41.2 Å². The van der Waals surface area contributed by atoms with Crippen LogP contribution in [-0.2, 0) is 0 Å². The maximum Gasteiger partial charge on any atom is 0.257 e. The van der Waals surface area contributed by atoms with Crippen molar-refractivity contribution in [2.75, 3.05) is 5.32 Å². The maximum absolute atomic E-state index is 11.8. The van der Waals surface area contributed by atoms with Crippen molar-refractivity contribution in [2.45, 2.75) is 6.92 Å². The third kappa shape index (κ3) is 2.65. The normalized spacial score (nSPS) is 9.65. The number of aromatic nitrogens is 2. The Kier molecular flexibility index (Phi) is 3.12. The van der Waals surface area contributed by atoms with Crippen LogP contribution in [0.5, 0.6) is 0 Å². The molecule has 0 saturated carbocycles. The number of carbonyl (C=O) groups is 1. The number of hydrogen-bond donors (Lipinski definition) is 1. The second-order valence-corrected chi connectivity index (χ2v) is 4.04. The van der Waals surface area contributed by atoms with Crippen molar-refractivity contribution in [1.29, 1.82) is 5.26 Å². The molecular weight excluding hydrogens is 236 g/mol. The molecule has 0 radical (unpaired) electrons. The van der Waals surface area contributed by atoms with Gasteiger partial charge in [-0.25, -0.2) is 4.98 Å². The van der Waals surface area contributed by atoms with Gasteiger partial charge in [0.1, 0.15) is 5.82 Å². The van der Waals surface area contributed by atoms with Gasteiger partial charge in [-0.15, -0.1) is 0 Å². The number of amides is 1. The van der Waals surface area contributed by atoms with Gasteiger partial charge in [0.05, 0.1) is 11.6 Å². The number of nitriles is 1. The Morgan fingerprint density at radius 3 is 2.65 bits per heavy atom. The Balaban J connectivity index is 2.12. The summed E-state index contributed by atoms with van der Waals surface area (Å²) < 4.78 is 3.96. The standard InChI is InChI=1S/C11H8N4OS/c1-7-13-11(17-15-7)14-10(16)9-4-2-8(6-12)3-5-9/h2-5H,1H3,(H,13,14,15,16). The predicted molar refractivity (Wildman–Crippen MR) is 63.8 cm³/mol. The highest BCUT2D eigenvalue weighted by atomic mass is 32.1. The summed E-state index contributed by atoms with van der Waals surface area (Å²) in [5.41, 5.74) is 1.00. The first-order chi connectivity index (χ1) is 8.19. The van der Waals surface area contributed by atoms with Crippen LogP contribution in [0, 0.1) is 18.3 Å². The average molecular weight is 244 g/mol. The van der Waals surface area contributed by atoms with Gasteiger partial charge in [0.2, 0.25) is 5.13 Å². The van der Waals surface area contributed by atoms with Gasteiger partial charge < -0.3 is 0 Å². The van der Waals surface area contributed by atoms with Crippen LogP contribution in [0.3, 0.4) is 0 Å². The van der Waals surface area contributed by atoms with Gasteiger partial charge in [-0.1, -0.05) is 0 Å². The van der Waals surface area contributed by atoms with Crippen LogP contribution < -0.4 is 5.32 Å². The first-order valence-corrected chi connectivity index (χ1v) is 5.58. The lowest BCUT2D eigenvalue weighted by atomic mass is 10.1. The van der Waals surface area contributed by atoms with Crippen molar-refractivity contribution < 1.29 is 4.79 Å². The molecule has 1 aromatic carbocycles. The van der Waals surface area contributed by atoms with Crippen LogP contribution in [0.15, 0.2) is 24.3 Å². The predicted octanol–water partition coefficient (Wildman–Crippen LogP) is 1.97. The topological polar surface area (TPSA) is 78.7 Å². The quantitative estimate of drug-likeness (QED) is 0.875. The van der Waals surface area contributed by atoms with E-state index in [-0.39, 0.29) is 5.91 Å². The number of rotatable bonds is 2. The fourth-order valence-electron chi connectivity index (χ4n) is 1.21. The summed E-state index contributed by atoms with van der Waals surface area (Å²) in [6, 6.07) is 8.39. The van der Waals surface area contributed by atoms with Gasteiger partial charge in [0.15, 0.2) is 0 Å². The molecule has 5 nitrogen and oxygen atoms in total. The molecule has 0 bridgehead atoms. The summed E-state index contributed by atoms with van der Waals surface area (Å²) in [4.78, 5) is 15.8. The van der Waals surface area contributed by atoms with Crippen molar-refractivity contribution in [1.82, 2.24) is 9.36 Å². The summed E-state index contributed by atoms with van der Waals surface area (Å²) in [5.74, 6) is 0.371. The zero-order valence-corrected chi connectivity index (χ0v) is 9.78. The van der Waals surface area contributed by atoms with Crippen molar-refractivity contribution in [3.63, 3.8) is 0 Å². The van der Waals surface area contributed by atoms with E-state index in [1.54, 1.807) is 31.2 Å². The van der Waals surface area contributed by atoms with Gasteiger partial charge in [0.25, 0.3) is 5.91 Å². The minimum absolute atomic E-state index is 0.259. The molecular formula is C11H8N4OS. The number of anilines is 1. The molecule has 1 heterocycles. The molecule has 1 amide bonds. The van der Waals surface area contributed by atoms with Crippen molar-refractivity contribution in [2.24, 2.45) is 0 Å². The molecule has 6 heteroatoms. The van der Waals surface area contributed by atoms with Gasteiger partial charge in [-0.3, -0.25) is 10.1 Å². The molecule has 0 aliphatic carbocycles. The van der Waals surface area contributed by atoms with Gasteiger partial charge in [-0.2, -0.15) is 9.64 Å². The molecule has 2 rings (SSSR count). The van der Waals surface area contributed by atoms with Crippen LogP contribution in [-0.4, -0.2) is 15.3 Å². The van der Waals surface area contributed by atoms with E-state index in [9.17, 15) is 4.79 Å². The Hall–Kier alpha value is -2.26. The van der Waals surface area contributed by atoms with E-state index < -0.39 is 0 Å². The number of carbonyl (C=O) groups excluding carboxylic acids is 1. The molecule has 17 heavy (non-hydrogen) atoms. The zero-order chi connectivity index (χ0) is 12.3. The molecule has 84 valence electrons. The lowest BCUT2D eigenvalue weighted by molar-refractivity contribution is 0.102. The highest BCUT2D eigenvalue weighted by Gasteiger charge is 2.08. The van der Waals surface area contributed by atoms with E-state index in [0.29, 0.717) is 22.1 Å². The molecule has 0 saturated heterocycles. The highest BCUT2D eigenvalue weighted by molar-refractivity contribution is 7.09. The minimum atomic E-state index is -0.259. The molecule has 0 unspecified atom stereocenters. The number of nitrogens with one attached hydrogen (secondary N) is 1. The van der Waals surface area contributed by atoms with Crippen LogP contribution in [0.1, 0.15) is 21.7 Å². The minimum Gasteiger partial charge on any atom is -0.297 e. The lowest BCUT2D eigenvalue weighted by Gasteiger charge is -2.00. The third-order valence-electron chi connectivity index (χ3n) is 2.02. The number of benzene rings is 1. The number of aryl methyl sites for hydroxylation is 1. The SMILES string of the molecule is Cc1nsc(NC(=O)c2ccc(C#N)cc2)n1. The summed E-state index contributed by atoms with van der Waals surface area (Å²) in [7, 11) is 0. The van der Waals surface area contributed by atoms with Crippen LogP contribution >= 0.6 is 11.5 Å². The Morgan fingerprint density at radius 1 is 1.41 bits per heavy atom. The van der Waals surface area contributed by atoms with Gasteiger partial charge in [-0.05, 0) is 31.2 Å². The third-order valence-corrected chi connectivity index (χ3v) is 2.75. The monoisotopic (exact) mass is 244 g/mol. The molecule has 0 aliphatic rings. The second kappa shape index (κ2) is 4.72. The highest BCUT2D eigenvalue weighted by Crippen LogP contribution is 2.12. The molecule has 0 fully saturated rings. The molecule has 0 spiro atoms. The molecule has 0 atom stereocenters. The Bertz CT molecular complexity index is 582. The average Bonchev–Trinajstić information content (AvgIpc) is 2.75. The summed E-state index contributed by atoms with van der Waals surface area (Å²) >= 11 is 1.13. The fourth-order valence-corrected chi connectivity index (χ4v) is 1.78. The lowest BCUT2D eigenvalue weighted by Crippen LogP contribution is -2.11. The van der Waals surface area contributed by atoms with Crippen LogP contribution in [0.4, 0.5) is 5.13 Å². The van der Waals surface area contributed by atoms with Crippen LogP contribution in [0.25, 0.3) is 0 Å². The van der Waals surface area contributed by atoms with Crippen molar-refractivity contribution in [3.8, 4) is 6.07 Å². The van der Waals surface area contributed by atoms with E-state index >= 15 is 0 Å². The van der Waals surface area contributed by atoms with E-state index in [1.807, 2.05) is 6.07 Å². The van der Waals surface area contributed by atoms with Crippen LogP contribution in [0.2, 0.25) is 0 Å². The Labute approximate surface area is 102 Å². The van der Waals surface area contributed by atoms with E-state index in [1.165, 1.54) is 0 Å². The first kappa shape index (κ1) is 11.2. The first-order valence-electron chi connectivity index (χ1n) is 4.81. The van der Waals surface area contributed by atoms with E-state index in [2.05, 4.69) is 14.7 Å². The Morgan fingerprint density at radius 2 is 2.12 bits per heavy atom. The van der Waals surface area contributed by atoms with Gasteiger partial charge in [0, 0.05) is 17.1 Å². The summed E-state index contributed by atoms with van der Waals surface area (Å²) in [6.07, 6.45) is 0. The van der Waals surface area contributed by atoms with E-state index in [0.717, 1.165) is 11.5 Å². The summed E-state index contributed by atoms with van der Waals surface area (Å²) in [5, 5.41) is 11.7. The van der Waals surface area contributed by atoms with Crippen molar-refractivity contribution >= 4 is 22.6 Å². The smallest absolute Gasteiger partial charge is 0.257 e. The van der Waals surface area contributed by atoms with E-state index in [4.69, 9.17) is 5.26 Å². The zero-order valence-electron chi connectivity index (χ0n) is 8.97. The molecule has 1 N–H and O–H groups in total. The fraction of sp³-hybridized carbons (Fsp3) is 0.0909. The second-order valence-electron chi connectivity index (χ2n) is 3.29. The summed E-state index contributed by atoms with van der Waals surface area (Å²) in [6.45, 7) is 1.76. The largest absolute Gasteiger partial charge is 0.297 e. The number of hydrogen-bond acceptors (Lipinski definition) is 5.